The first-order valence-corrected chi connectivity index (χ1v) is 12.7. The SMILES string of the molecule is CC(C)[C@H](NC(=O)C1(C2(C(N)=O)CCCO2)CCCCC1)[C@H](O)C(=O)N[C@H]1CCCCNC1=O. The standard InChI is InChI=1S/C24H40N4O6/c1-15(2)17(18(29)20(31)27-16-9-4-7-13-26-19(16)30)28-22(33)23(10-5-3-6-11-23)24(21(25)32)12-8-14-34-24/h15-18,29H,3-14H2,1-2H3,(H2,25,32)(H,26,30)(H,27,31)(H,28,33)/t16-,17-,18-,24?/m0/s1. The van der Waals surface area contributed by atoms with Crippen LogP contribution in [-0.2, 0) is 23.9 Å². The Morgan fingerprint density at radius 2 is 1.79 bits per heavy atom. The van der Waals surface area contributed by atoms with E-state index in [0.717, 1.165) is 32.1 Å². The second kappa shape index (κ2) is 11.0. The maximum Gasteiger partial charge on any atom is 0.251 e. The zero-order valence-electron chi connectivity index (χ0n) is 20.4. The number of nitrogens with two attached hydrogens (primary N) is 1. The number of primary amides is 1. The van der Waals surface area contributed by atoms with Crippen molar-refractivity contribution in [2.75, 3.05) is 13.2 Å². The molecular formula is C24H40N4O6. The average Bonchev–Trinajstić information content (AvgIpc) is 3.24. The molecule has 4 amide bonds. The van der Waals surface area contributed by atoms with Crippen molar-refractivity contribution in [3.05, 3.63) is 0 Å². The molecule has 192 valence electrons. The Hall–Kier alpha value is -2.20. The van der Waals surface area contributed by atoms with Gasteiger partial charge < -0.3 is 31.5 Å². The molecule has 10 nitrogen and oxygen atoms in total. The lowest BCUT2D eigenvalue weighted by Gasteiger charge is -2.47. The Kier molecular flexibility index (Phi) is 8.57. The molecule has 0 radical (unpaired) electrons. The first-order chi connectivity index (χ1) is 16.1. The van der Waals surface area contributed by atoms with Gasteiger partial charge in [0.2, 0.25) is 11.8 Å². The second-order valence-electron chi connectivity index (χ2n) is 10.3. The Morgan fingerprint density at radius 3 is 2.38 bits per heavy atom. The topological polar surface area (TPSA) is 160 Å². The lowest BCUT2D eigenvalue weighted by molar-refractivity contribution is -0.173. The molecule has 3 rings (SSSR count). The van der Waals surface area contributed by atoms with Crippen LogP contribution < -0.4 is 21.7 Å². The minimum absolute atomic E-state index is 0.272. The minimum atomic E-state index is -1.56. The summed E-state index contributed by atoms with van der Waals surface area (Å²) in [5, 5.41) is 19.2. The number of carbonyl (C=O) groups is 4. The van der Waals surface area contributed by atoms with E-state index >= 15 is 0 Å². The van der Waals surface area contributed by atoms with Crippen LogP contribution in [0.4, 0.5) is 0 Å². The fourth-order valence-corrected chi connectivity index (χ4v) is 5.81. The van der Waals surface area contributed by atoms with Crippen LogP contribution in [0.1, 0.15) is 78.1 Å². The highest BCUT2D eigenvalue weighted by atomic mass is 16.5. The lowest BCUT2D eigenvalue weighted by Crippen LogP contribution is -2.66. The molecule has 1 aliphatic carbocycles. The molecule has 2 aliphatic heterocycles. The van der Waals surface area contributed by atoms with Crippen LogP contribution in [0, 0.1) is 11.3 Å². The highest BCUT2D eigenvalue weighted by Gasteiger charge is 2.62. The number of hydrogen-bond donors (Lipinski definition) is 5. The van der Waals surface area contributed by atoms with Crippen LogP contribution in [0.2, 0.25) is 0 Å². The van der Waals surface area contributed by atoms with Gasteiger partial charge in [-0.15, -0.1) is 0 Å². The summed E-state index contributed by atoms with van der Waals surface area (Å²) in [4.78, 5) is 51.6. The normalized spacial score (nSPS) is 28.9. The first kappa shape index (κ1) is 26.4. The van der Waals surface area contributed by atoms with Crippen molar-refractivity contribution < 1.29 is 29.0 Å². The van der Waals surface area contributed by atoms with Gasteiger partial charge >= 0.3 is 0 Å². The van der Waals surface area contributed by atoms with Gasteiger partial charge in [0.05, 0.1) is 11.5 Å². The number of aliphatic hydroxyl groups excluding tert-OH is 1. The predicted octanol–water partition coefficient (Wildman–Crippen LogP) is 0.258. The number of amides is 4. The van der Waals surface area contributed by atoms with Crippen molar-refractivity contribution in [3.8, 4) is 0 Å². The van der Waals surface area contributed by atoms with E-state index in [9.17, 15) is 24.3 Å². The number of nitrogens with one attached hydrogen (secondary N) is 3. The summed E-state index contributed by atoms with van der Waals surface area (Å²) in [6, 6.07) is -1.63. The molecule has 10 heteroatoms. The van der Waals surface area contributed by atoms with Crippen molar-refractivity contribution in [1.82, 2.24) is 16.0 Å². The van der Waals surface area contributed by atoms with E-state index in [1.807, 2.05) is 0 Å². The van der Waals surface area contributed by atoms with Gasteiger partial charge in [-0.2, -0.15) is 0 Å². The molecule has 6 N–H and O–H groups in total. The molecule has 34 heavy (non-hydrogen) atoms. The molecule has 2 heterocycles. The maximum absolute atomic E-state index is 13.8. The zero-order valence-corrected chi connectivity index (χ0v) is 20.4. The molecule has 1 saturated carbocycles. The summed E-state index contributed by atoms with van der Waals surface area (Å²) in [6.45, 7) is 4.51. The summed E-state index contributed by atoms with van der Waals surface area (Å²) >= 11 is 0. The van der Waals surface area contributed by atoms with Gasteiger partial charge in [0.1, 0.15) is 6.04 Å². The number of hydrogen-bond acceptors (Lipinski definition) is 6. The molecule has 0 aromatic rings. The largest absolute Gasteiger partial charge is 0.381 e. The second-order valence-corrected chi connectivity index (χ2v) is 10.3. The summed E-state index contributed by atoms with van der Waals surface area (Å²) < 4.78 is 5.92. The fourth-order valence-electron chi connectivity index (χ4n) is 5.81. The van der Waals surface area contributed by atoms with Crippen molar-refractivity contribution in [2.45, 2.75) is 102 Å². The minimum Gasteiger partial charge on any atom is -0.381 e. The van der Waals surface area contributed by atoms with E-state index in [0.29, 0.717) is 45.3 Å². The molecule has 4 atom stereocenters. The van der Waals surface area contributed by atoms with Gasteiger partial charge in [0.15, 0.2) is 11.7 Å². The highest BCUT2D eigenvalue weighted by molar-refractivity contribution is 5.96. The van der Waals surface area contributed by atoms with Crippen LogP contribution in [0.5, 0.6) is 0 Å². The number of aliphatic hydroxyl groups is 1. The van der Waals surface area contributed by atoms with Crippen LogP contribution in [0.15, 0.2) is 0 Å². The van der Waals surface area contributed by atoms with Crippen molar-refractivity contribution in [1.29, 1.82) is 0 Å². The average molecular weight is 481 g/mol. The molecule has 3 fully saturated rings. The lowest BCUT2D eigenvalue weighted by atomic mass is 9.61. The van der Waals surface area contributed by atoms with Gasteiger partial charge in [0.25, 0.3) is 11.8 Å². The number of ether oxygens (including phenoxy) is 1. The maximum atomic E-state index is 13.8. The Labute approximate surface area is 201 Å². The van der Waals surface area contributed by atoms with E-state index in [4.69, 9.17) is 10.5 Å². The summed E-state index contributed by atoms with van der Waals surface area (Å²) in [5.41, 5.74) is 3.29. The molecule has 1 unspecified atom stereocenters. The van der Waals surface area contributed by atoms with Crippen molar-refractivity contribution in [2.24, 2.45) is 17.1 Å². The number of carbonyl (C=O) groups excluding carboxylic acids is 4. The molecule has 2 saturated heterocycles. The Bertz CT molecular complexity index is 773. The van der Waals surface area contributed by atoms with Gasteiger partial charge in [-0.1, -0.05) is 33.1 Å². The number of rotatable bonds is 8. The van der Waals surface area contributed by atoms with Crippen molar-refractivity contribution in [3.63, 3.8) is 0 Å². The van der Waals surface area contributed by atoms with Gasteiger partial charge in [-0.3, -0.25) is 19.2 Å². The quantitative estimate of drug-likeness (QED) is 0.335. The third kappa shape index (κ3) is 5.07. The summed E-state index contributed by atoms with van der Waals surface area (Å²) in [5.74, 6) is -2.32. The van der Waals surface area contributed by atoms with E-state index in [1.165, 1.54) is 0 Å². The van der Waals surface area contributed by atoms with Crippen LogP contribution >= 0.6 is 0 Å². The van der Waals surface area contributed by atoms with E-state index < -0.39 is 46.9 Å². The van der Waals surface area contributed by atoms with E-state index in [-0.39, 0.29) is 11.8 Å². The molecule has 3 aliphatic rings. The Balaban J connectivity index is 1.80. The zero-order chi connectivity index (χ0) is 24.9. The fraction of sp³-hybridized carbons (Fsp3) is 0.833. The van der Waals surface area contributed by atoms with Crippen LogP contribution in [0.3, 0.4) is 0 Å². The Morgan fingerprint density at radius 1 is 1.09 bits per heavy atom. The van der Waals surface area contributed by atoms with Gasteiger partial charge in [-0.25, -0.2) is 0 Å². The molecule has 0 bridgehead atoms. The van der Waals surface area contributed by atoms with Gasteiger partial charge in [0, 0.05) is 13.2 Å². The first-order valence-electron chi connectivity index (χ1n) is 12.7. The predicted molar refractivity (Wildman–Crippen MR) is 124 cm³/mol. The van der Waals surface area contributed by atoms with Gasteiger partial charge in [-0.05, 0) is 50.9 Å². The third-order valence-corrected chi connectivity index (χ3v) is 7.81. The third-order valence-electron chi connectivity index (χ3n) is 7.81. The van der Waals surface area contributed by atoms with E-state index in [2.05, 4.69) is 16.0 Å². The van der Waals surface area contributed by atoms with Crippen LogP contribution in [0.25, 0.3) is 0 Å². The monoisotopic (exact) mass is 480 g/mol. The molecule has 0 aromatic carbocycles. The molecule has 0 spiro atoms. The highest BCUT2D eigenvalue weighted by Crippen LogP contribution is 2.51. The van der Waals surface area contributed by atoms with Crippen LogP contribution in [-0.4, -0.2) is 65.7 Å². The summed E-state index contributed by atoms with van der Waals surface area (Å²) in [7, 11) is 0. The molecular weight excluding hydrogens is 440 g/mol. The van der Waals surface area contributed by atoms with E-state index in [1.54, 1.807) is 13.8 Å². The smallest absolute Gasteiger partial charge is 0.251 e. The van der Waals surface area contributed by atoms with Crippen molar-refractivity contribution >= 4 is 23.6 Å². The molecule has 0 aromatic heterocycles. The summed E-state index contributed by atoms with van der Waals surface area (Å²) in [6.07, 6.45) is 4.94.